The first-order valence-electron chi connectivity index (χ1n) is 11.6. The van der Waals surface area contributed by atoms with Crippen LogP contribution in [0.4, 0.5) is 4.39 Å². The van der Waals surface area contributed by atoms with E-state index in [1.807, 2.05) is 44.2 Å². The number of ether oxygens (including phenoxy) is 1. The van der Waals surface area contributed by atoms with Gasteiger partial charge in [-0.15, -0.1) is 0 Å². The zero-order chi connectivity index (χ0) is 25.4. The van der Waals surface area contributed by atoms with Gasteiger partial charge in [-0.25, -0.2) is 4.39 Å². The number of carbonyl (C=O) groups is 1. The van der Waals surface area contributed by atoms with Crippen molar-refractivity contribution in [3.63, 3.8) is 0 Å². The van der Waals surface area contributed by atoms with Gasteiger partial charge in [-0.05, 0) is 66.4 Å². The normalized spacial score (nSPS) is 14.7. The molecule has 1 aliphatic heterocycles. The third-order valence-electron chi connectivity index (χ3n) is 6.39. The lowest BCUT2D eigenvalue weighted by Gasteiger charge is -2.27. The highest BCUT2D eigenvalue weighted by atomic mass is 19.1. The molecule has 4 aromatic rings. The average Bonchev–Trinajstić information content (AvgIpc) is 3.38. The summed E-state index contributed by atoms with van der Waals surface area (Å²) in [6, 6.07) is 16.9. The maximum Gasteiger partial charge on any atom is 0.273 e. The van der Waals surface area contributed by atoms with E-state index in [1.54, 1.807) is 29.2 Å². The Morgan fingerprint density at radius 1 is 1.14 bits per heavy atom. The van der Waals surface area contributed by atoms with Crippen LogP contribution in [0, 0.1) is 19.7 Å². The Kier molecular flexibility index (Phi) is 6.06. The molecule has 7 heteroatoms. The fourth-order valence-electron chi connectivity index (χ4n) is 4.84. The first-order chi connectivity index (χ1) is 17.4. The summed E-state index contributed by atoms with van der Waals surface area (Å²) in [6.45, 7) is 8.17. The van der Waals surface area contributed by atoms with Crippen molar-refractivity contribution in [1.29, 1.82) is 0 Å². The first kappa shape index (κ1) is 23.4. The van der Waals surface area contributed by atoms with Crippen molar-refractivity contribution in [2.75, 3.05) is 6.61 Å². The Hall–Kier alpha value is -4.39. The number of aromatic nitrogens is 2. The quantitative estimate of drug-likeness (QED) is 0.323. The van der Waals surface area contributed by atoms with Crippen LogP contribution in [0.15, 0.2) is 73.3 Å². The van der Waals surface area contributed by atoms with Crippen LogP contribution in [-0.2, 0) is 6.54 Å². The van der Waals surface area contributed by atoms with E-state index >= 15 is 0 Å². The molecule has 3 aromatic carbocycles. The van der Waals surface area contributed by atoms with Gasteiger partial charge in [0.2, 0.25) is 0 Å². The molecule has 36 heavy (non-hydrogen) atoms. The summed E-state index contributed by atoms with van der Waals surface area (Å²) in [5.41, 5.74) is 5.65. The number of hydrogen-bond donors (Lipinski definition) is 2. The van der Waals surface area contributed by atoms with Crippen LogP contribution < -0.4 is 4.74 Å². The number of rotatable bonds is 7. The van der Waals surface area contributed by atoms with Gasteiger partial charge in [-0.3, -0.25) is 9.89 Å². The van der Waals surface area contributed by atoms with Gasteiger partial charge in [0, 0.05) is 17.7 Å². The average molecular weight is 484 g/mol. The van der Waals surface area contributed by atoms with Crippen LogP contribution in [0.25, 0.3) is 11.3 Å². The molecular formula is C29H26FN3O3. The number of hydrogen-bond acceptors (Lipinski definition) is 4. The maximum absolute atomic E-state index is 13.6. The van der Waals surface area contributed by atoms with Crippen LogP contribution in [0.3, 0.4) is 0 Å². The SMILES string of the molecule is C=CCOc1ccc(C2c3c(-c4c(C)cc(C)cc4O)n[nH]c3C(=O)N2Cc2ccc(F)cc2)cc1. The van der Waals surface area contributed by atoms with Crippen molar-refractivity contribution >= 4 is 5.91 Å². The van der Waals surface area contributed by atoms with Crippen molar-refractivity contribution in [3.8, 4) is 22.8 Å². The van der Waals surface area contributed by atoms with E-state index < -0.39 is 6.04 Å². The Morgan fingerprint density at radius 2 is 1.86 bits per heavy atom. The fourth-order valence-corrected chi connectivity index (χ4v) is 4.84. The van der Waals surface area contributed by atoms with Crippen molar-refractivity contribution in [3.05, 3.63) is 113 Å². The number of aromatic amines is 1. The number of aryl methyl sites for hydroxylation is 2. The van der Waals surface area contributed by atoms with E-state index in [9.17, 15) is 14.3 Å². The molecule has 5 rings (SSSR count). The molecule has 1 aliphatic rings. The van der Waals surface area contributed by atoms with Crippen LogP contribution in [0.5, 0.6) is 11.5 Å². The third kappa shape index (κ3) is 4.13. The zero-order valence-corrected chi connectivity index (χ0v) is 20.1. The molecule has 0 aliphatic carbocycles. The van der Waals surface area contributed by atoms with Gasteiger partial charge in [0.05, 0.1) is 6.04 Å². The lowest BCUT2D eigenvalue weighted by atomic mass is 9.93. The van der Waals surface area contributed by atoms with Gasteiger partial charge in [-0.1, -0.05) is 43.0 Å². The van der Waals surface area contributed by atoms with Gasteiger partial charge >= 0.3 is 0 Å². The third-order valence-corrected chi connectivity index (χ3v) is 6.39. The number of halogens is 1. The monoisotopic (exact) mass is 483 g/mol. The summed E-state index contributed by atoms with van der Waals surface area (Å²) in [6.07, 6.45) is 1.67. The van der Waals surface area contributed by atoms with E-state index in [1.165, 1.54) is 12.1 Å². The predicted octanol–water partition coefficient (Wildman–Crippen LogP) is 5.85. The molecule has 1 aromatic heterocycles. The van der Waals surface area contributed by atoms with Crippen molar-refractivity contribution < 1.29 is 19.0 Å². The molecule has 0 saturated carbocycles. The fraction of sp³-hybridized carbons (Fsp3) is 0.172. The van der Waals surface area contributed by atoms with Crippen molar-refractivity contribution in [2.45, 2.75) is 26.4 Å². The Bertz CT molecular complexity index is 1420. The molecule has 0 bridgehead atoms. The highest BCUT2D eigenvalue weighted by Crippen LogP contribution is 2.46. The second-order valence-corrected chi connectivity index (χ2v) is 8.97. The molecule has 2 heterocycles. The number of nitrogens with one attached hydrogen (secondary N) is 1. The molecule has 1 amide bonds. The highest BCUT2D eigenvalue weighted by Gasteiger charge is 2.42. The van der Waals surface area contributed by atoms with Crippen LogP contribution in [0.1, 0.15) is 44.3 Å². The van der Waals surface area contributed by atoms with Gasteiger partial charge in [0.15, 0.2) is 0 Å². The molecular weight excluding hydrogens is 457 g/mol. The number of fused-ring (bicyclic) bond motifs is 1. The lowest BCUT2D eigenvalue weighted by molar-refractivity contribution is 0.0730. The summed E-state index contributed by atoms with van der Waals surface area (Å²) in [5.74, 6) is 0.250. The standard InChI is InChI=1S/C29H26FN3O3/c1-4-13-36-22-11-7-20(8-12-22)28-25-26(24-18(3)14-17(2)15-23(24)34)31-32-27(25)29(35)33(28)16-19-5-9-21(30)10-6-19/h4-12,14-15,28,34H,1,13,16H2,2-3H3,(H,31,32). The summed E-state index contributed by atoms with van der Waals surface area (Å²) < 4.78 is 19.2. The van der Waals surface area contributed by atoms with E-state index in [0.717, 1.165) is 22.3 Å². The Balaban J connectivity index is 1.63. The summed E-state index contributed by atoms with van der Waals surface area (Å²) >= 11 is 0. The van der Waals surface area contributed by atoms with E-state index in [2.05, 4.69) is 16.8 Å². The first-order valence-corrected chi connectivity index (χ1v) is 11.6. The number of nitrogens with zero attached hydrogens (tertiary/aromatic N) is 2. The Morgan fingerprint density at radius 3 is 2.53 bits per heavy atom. The highest BCUT2D eigenvalue weighted by molar-refractivity contribution is 6.00. The molecule has 0 saturated heterocycles. The largest absolute Gasteiger partial charge is 0.507 e. The summed E-state index contributed by atoms with van der Waals surface area (Å²) in [4.78, 5) is 15.3. The van der Waals surface area contributed by atoms with Crippen LogP contribution in [-0.4, -0.2) is 32.7 Å². The van der Waals surface area contributed by atoms with Gasteiger partial charge in [0.1, 0.15) is 35.3 Å². The van der Waals surface area contributed by atoms with E-state index in [0.29, 0.717) is 34.9 Å². The molecule has 0 radical (unpaired) electrons. The lowest BCUT2D eigenvalue weighted by Crippen LogP contribution is -2.29. The molecule has 1 unspecified atom stereocenters. The van der Waals surface area contributed by atoms with Crippen LogP contribution in [0.2, 0.25) is 0 Å². The maximum atomic E-state index is 13.6. The molecule has 182 valence electrons. The minimum atomic E-state index is -0.472. The second kappa shape index (κ2) is 9.34. The minimum absolute atomic E-state index is 0.109. The molecule has 2 N–H and O–H groups in total. The smallest absolute Gasteiger partial charge is 0.273 e. The number of H-pyrrole nitrogens is 1. The molecule has 0 fully saturated rings. The number of phenols is 1. The predicted molar refractivity (Wildman–Crippen MR) is 135 cm³/mol. The number of aromatic hydroxyl groups is 1. The number of benzene rings is 3. The molecule has 0 spiro atoms. The summed E-state index contributed by atoms with van der Waals surface area (Å²) in [5, 5.41) is 18.2. The van der Waals surface area contributed by atoms with Gasteiger partial charge in [0.25, 0.3) is 5.91 Å². The number of carbonyl (C=O) groups excluding carboxylic acids is 1. The topological polar surface area (TPSA) is 78.5 Å². The van der Waals surface area contributed by atoms with E-state index in [-0.39, 0.29) is 24.0 Å². The van der Waals surface area contributed by atoms with Gasteiger partial charge < -0.3 is 14.7 Å². The minimum Gasteiger partial charge on any atom is -0.507 e. The van der Waals surface area contributed by atoms with Crippen molar-refractivity contribution in [2.24, 2.45) is 0 Å². The second-order valence-electron chi connectivity index (χ2n) is 8.97. The van der Waals surface area contributed by atoms with Crippen LogP contribution >= 0.6 is 0 Å². The molecule has 1 atom stereocenters. The van der Waals surface area contributed by atoms with E-state index in [4.69, 9.17) is 4.74 Å². The number of phenolic OH excluding ortho intramolecular Hbond substituents is 1. The summed E-state index contributed by atoms with van der Waals surface area (Å²) in [7, 11) is 0. The van der Waals surface area contributed by atoms with Gasteiger partial charge in [-0.2, -0.15) is 5.10 Å². The Labute approximate surface area is 208 Å². The number of amides is 1. The molecule has 6 nitrogen and oxygen atoms in total. The zero-order valence-electron chi connectivity index (χ0n) is 20.1. The van der Waals surface area contributed by atoms with Crippen molar-refractivity contribution in [1.82, 2.24) is 15.1 Å².